The normalized spacial score (nSPS) is 16.8. The van der Waals surface area contributed by atoms with Crippen LogP contribution < -0.4 is 11.1 Å². The van der Waals surface area contributed by atoms with Crippen LogP contribution in [-0.4, -0.2) is 11.7 Å². The highest BCUT2D eigenvalue weighted by molar-refractivity contribution is 6.18. The van der Waals surface area contributed by atoms with Crippen LogP contribution in [0.4, 0.5) is 5.69 Å². The summed E-state index contributed by atoms with van der Waals surface area (Å²) in [6.45, 7) is 2.20. The number of Topliss-reactive ketones (excluding diaryl/α,β-unsaturated/α-hetero) is 1. The van der Waals surface area contributed by atoms with Crippen LogP contribution in [0.1, 0.15) is 64.2 Å². The zero-order chi connectivity index (χ0) is 26.2. The number of benzene rings is 5. The third-order valence-electron chi connectivity index (χ3n) is 7.98. The smallest absolute Gasteiger partial charge is 0.255 e. The summed E-state index contributed by atoms with van der Waals surface area (Å²) in [7, 11) is 0. The van der Waals surface area contributed by atoms with Gasteiger partial charge in [-0.25, -0.2) is 0 Å². The molecule has 0 fully saturated rings. The molecule has 0 heterocycles. The lowest BCUT2D eigenvalue weighted by atomic mass is 9.71. The first kappa shape index (κ1) is 24.1. The van der Waals surface area contributed by atoms with E-state index in [2.05, 4.69) is 59.9 Å². The molecule has 6 rings (SSSR count). The summed E-state index contributed by atoms with van der Waals surface area (Å²) in [6.07, 6.45) is 1.71. The zero-order valence-electron chi connectivity index (χ0n) is 21.4. The van der Waals surface area contributed by atoms with Crippen molar-refractivity contribution in [2.45, 2.75) is 38.1 Å². The standard InChI is InChI=1S/C34H30N2O2/c1-21(37)25-15-16-26(23-13-11-22(20-35)12-14-23)33-30(25)18-17-28-27-9-5-6-10-29(27)32(19-31(28)33)36-34(38)24-7-3-2-4-8-24/h2-14,17-19,25-26H,15-16,20,35H2,1H3,(H,36,38). The number of amides is 1. The number of carbonyl (C=O) groups is 2. The van der Waals surface area contributed by atoms with Crippen molar-refractivity contribution in [3.63, 3.8) is 0 Å². The van der Waals surface area contributed by atoms with Crippen LogP contribution in [0.5, 0.6) is 0 Å². The average Bonchev–Trinajstić information content (AvgIpc) is 2.97. The quantitative estimate of drug-likeness (QED) is 0.250. The van der Waals surface area contributed by atoms with Crippen molar-refractivity contribution in [2.24, 2.45) is 5.73 Å². The summed E-state index contributed by atoms with van der Waals surface area (Å²) in [5, 5.41) is 7.47. The van der Waals surface area contributed by atoms with Crippen LogP contribution >= 0.6 is 0 Å². The number of ketones is 1. The molecule has 5 aromatic rings. The van der Waals surface area contributed by atoms with E-state index in [-0.39, 0.29) is 23.5 Å². The topological polar surface area (TPSA) is 72.2 Å². The van der Waals surface area contributed by atoms with E-state index < -0.39 is 0 Å². The second kappa shape index (κ2) is 9.88. The number of hydrogen-bond donors (Lipinski definition) is 2. The van der Waals surface area contributed by atoms with E-state index in [0.717, 1.165) is 51.2 Å². The Balaban J connectivity index is 1.59. The molecule has 2 unspecified atom stereocenters. The van der Waals surface area contributed by atoms with Crippen LogP contribution in [0.2, 0.25) is 0 Å². The molecule has 0 spiro atoms. The minimum atomic E-state index is -0.143. The molecule has 3 N–H and O–H groups in total. The minimum Gasteiger partial charge on any atom is -0.326 e. The number of nitrogens with two attached hydrogens (primary N) is 1. The lowest BCUT2D eigenvalue weighted by Crippen LogP contribution is -2.20. The minimum absolute atomic E-state index is 0.122. The number of fused-ring (bicyclic) bond motifs is 5. The van der Waals surface area contributed by atoms with Crippen LogP contribution in [0.15, 0.2) is 97.1 Å². The van der Waals surface area contributed by atoms with Gasteiger partial charge in [0, 0.05) is 35.0 Å². The van der Waals surface area contributed by atoms with E-state index in [1.807, 2.05) is 42.5 Å². The van der Waals surface area contributed by atoms with E-state index in [0.29, 0.717) is 12.1 Å². The third kappa shape index (κ3) is 4.17. The maximum Gasteiger partial charge on any atom is 0.255 e. The Morgan fingerprint density at radius 3 is 2.18 bits per heavy atom. The maximum atomic E-state index is 13.2. The molecule has 38 heavy (non-hydrogen) atoms. The van der Waals surface area contributed by atoms with Crippen molar-refractivity contribution in [1.29, 1.82) is 0 Å². The van der Waals surface area contributed by atoms with Crippen LogP contribution in [0.25, 0.3) is 21.5 Å². The summed E-state index contributed by atoms with van der Waals surface area (Å²) in [4.78, 5) is 25.9. The average molecular weight is 499 g/mol. The predicted molar refractivity (Wildman–Crippen MR) is 155 cm³/mol. The maximum absolute atomic E-state index is 13.2. The molecule has 0 bridgehead atoms. The Kier molecular flexibility index (Phi) is 6.26. The van der Waals surface area contributed by atoms with Gasteiger partial charge in [0.2, 0.25) is 0 Å². The van der Waals surface area contributed by atoms with Crippen molar-refractivity contribution in [2.75, 3.05) is 5.32 Å². The van der Waals surface area contributed by atoms with Gasteiger partial charge in [0.25, 0.3) is 5.91 Å². The fourth-order valence-electron chi connectivity index (χ4n) is 6.07. The Morgan fingerprint density at radius 2 is 1.47 bits per heavy atom. The molecule has 0 aliphatic heterocycles. The van der Waals surface area contributed by atoms with Gasteiger partial charge >= 0.3 is 0 Å². The summed E-state index contributed by atoms with van der Waals surface area (Å²) in [5.74, 6) is 0.0779. The molecule has 0 radical (unpaired) electrons. The summed E-state index contributed by atoms with van der Waals surface area (Å²) in [6, 6.07) is 32.4. The predicted octanol–water partition coefficient (Wildman–Crippen LogP) is 7.30. The van der Waals surface area contributed by atoms with E-state index in [1.54, 1.807) is 6.92 Å². The SMILES string of the molecule is CC(=O)C1CCC(c2ccc(CN)cc2)c2c1ccc1c2cc(NC(=O)c2ccccc2)c2ccccc21. The molecule has 1 aliphatic carbocycles. The van der Waals surface area contributed by atoms with E-state index >= 15 is 0 Å². The van der Waals surface area contributed by atoms with Crippen molar-refractivity contribution in [1.82, 2.24) is 0 Å². The summed E-state index contributed by atoms with van der Waals surface area (Å²) in [5.41, 5.74) is 11.9. The molecule has 188 valence electrons. The van der Waals surface area contributed by atoms with E-state index in [9.17, 15) is 9.59 Å². The Hall–Kier alpha value is -4.28. The highest BCUT2D eigenvalue weighted by atomic mass is 16.1. The highest BCUT2D eigenvalue weighted by Crippen LogP contribution is 2.47. The monoisotopic (exact) mass is 498 g/mol. The lowest BCUT2D eigenvalue weighted by molar-refractivity contribution is -0.118. The molecule has 0 saturated carbocycles. The molecule has 0 aromatic heterocycles. The van der Waals surface area contributed by atoms with Gasteiger partial charge in [0.05, 0.1) is 0 Å². The van der Waals surface area contributed by atoms with E-state index in [1.165, 1.54) is 11.1 Å². The van der Waals surface area contributed by atoms with Gasteiger partial charge in [0.15, 0.2) is 0 Å². The second-order valence-electron chi connectivity index (χ2n) is 10.2. The fourth-order valence-corrected chi connectivity index (χ4v) is 6.07. The van der Waals surface area contributed by atoms with Gasteiger partial charge in [-0.05, 0) is 76.4 Å². The molecular weight excluding hydrogens is 468 g/mol. The number of hydrogen-bond acceptors (Lipinski definition) is 3. The summed E-state index contributed by atoms with van der Waals surface area (Å²) >= 11 is 0. The number of nitrogens with one attached hydrogen (secondary N) is 1. The Morgan fingerprint density at radius 1 is 0.789 bits per heavy atom. The second-order valence-corrected chi connectivity index (χ2v) is 10.2. The molecule has 4 nitrogen and oxygen atoms in total. The van der Waals surface area contributed by atoms with Gasteiger partial charge in [-0.1, -0.05) is 78.9 Å². The largest absolute Gasteiger partial charge is 0.326 e. The third-order valence-corrected chi connectivity index (χ3v) is 7.98. The van der Waals surface area contributed by atoms with Gasteiger partial charge in [0.1, 0.15) is 5.78 Å². The molecule has 5 aromatic carbocycles. The lowest BCUT2D eigenvalue weighted by Gasteiger charge is -2.32. The van der Waals surface area contributed by atoms with Crippen LogP contribution in [0, 0.1) is 0 Å². The van der Waals surface area contributed by atoms with Crippen molar-refractivity contribution < 1.29 is 9.59 Å². The first-order valence-electron chi connectivity index (χ1n) is 13.2. The molecule has 1 amide bonds. The first-order chi connectivity index (χ1) is 18.5. The molecular formula is C34H30N2O2. The molecule has 4 heteroatoms. The van der Waals surface area contributed by atoms with Crippen LogP contribution in [-0.2, 0) is 11.3 Å². The van der Waals surface area contributed by atoms with Crippen molar-refractivity contribution >= 4 is 38.9 Å². The first-order valence-corrected chi connectivity index (χ1v) is 13.2. The molecule has 2 atom stereocenters. The Labute approximate surface area is 222 Å². The number of carbonyl (C=O) groups excluding carboxylic acids is 2. The molecule has 0 saturated heterocycles. The molecule has 1 aliphatic rings. The highest BCUT2D eigenvalue weighted by Gasteiger charge is 2.32. The summed E-state index contributed by atoms with van der Waals surface area (Å²) < 4.78 is 0. The van der Waals surface area contributed by atoms with Gasteiger partial charge < -0.3 is 11.1 Å². The van der Waals surface area contributed by atoms with Crippen molar-refractivity contribution in [3.8, 4) is 0 Å². The van der Waals surface area contributed by atoms with Gasteiger partial charge in [-0.15, -0.1) is 0 Å². The number of rotatable bonds is 5. The van der Waals surface area contributed by atoms with E-state index in [4.69, 9.17) is 5.73 Å². The fraction of sp³-hybridized carbons (Fsp3) is 0.176. The Bertz CT molecular complexity index is 1670. The van der Waals surface area contributed by atoms with Crippen molar-refractivity contribution in [3.05, 3.63) is 125 Å². The van der Waals surface area contributed by atoms with Crippen LogP contribution in [0.3, 0.4) is 0 Å². The van der Waals surface area contributed by atoms with Gasteiger partial charge in [-0.2, -0.15) is 0 Å². The number of anilines is 1. The zero-order valence-corrected chi connectivity index (χ0v) is 21.4. The van der Waals surface area contributed by atoms with Gasteiger partial charge in [-0.3, -0.25) is 9.59 Å².